The maximum absolute atomic E-state index is 11.9. The molecule has 0 fully saturated rings. The lowest BCUT2D eigenvalue weighted by atomic mass is 10.1. The fourth-order valence-corrected chi connectivity index (χ4v) is 1.57. The summed E-state index contributed by atoms with van der Waals surface area (Å²) in [5, 5.41) is 15.1. The van der Waals surface area contributed by atoms with Gasteiger partial charge in [-0.25, -0.2) is 0 Å². The zero-order valence-corrected chi connectivity index (χ0v) is 10.7. The van der Waals surface area contributed by atoms with E-state index in [1.54, 1.807) is 24.3 Å². The molecule has 0 aliphatic rings. The Morgan fingerprint density at radius 3 is 3.10 bits per heavy atom. The summed E-state index contributed by atoms with van der Waals surface area (Å²) >= 11 is 0. The van der Waals surface area contributed by atoms with Gasteiger partial charge in [0.15, 0.2) is 5.82 Å². The number of aromatic nitrogens is 2. The molecule has 0 atom stereocenters. The second kappa shape index (κ2) is 7.07. The molecule has 2 N–H and O–H groups in total. The monoisotopic (exact) mass is 271 g/mol. The van der Waals surface area contributed by atoms with Crippen LogP contribution in [0, 0.1) is 11.8 Å². The Labute approximate surface area is 115 Å². The quantitative estimate of drug-likeness (QED) is 0.785. The van der Waals surface area contributed by atoms with Crippen molar-refractivity contribution in [1.29, 1.82) is 0 Å². The van der Waals surface area contributed by atoms with Gasteiger partial charge in [0.05, 0.1) is 0 Å². The lowest BCUT2D eigenvalue weighted by Gasteiger charge is -2.03. The maximum atomic E-state index is 11.9. The van der Waals surface area contributed by atoms with Gasteiger partial charge in [-0.15, -0.1) is 0 Å². The molecule has 20 heavy (non-hydrogen) atoms. The number of carbonyl (C=O) groups is 1. The van der Waals surface area contributed by atoms with E-state index in [1.165, 1.54) is 6.39 Å². The molecule has 6 nitrogen and oxygen atoms in total. The van der Waals surface area contributed by atoms with Crippen molar-refractivity contribution in [3.63, 3.8) is 0 Å². The van der Waals surface area contributed by atoms with E-state index in [0.29, 0.717) is 29.9 Å². The third kappa shape index (κ3) is 3.93. The first kappa shape index (κ1) is 13.8. The molecule has 1 amide bonds. The Balaban J connectivity index is 1.91. The highest BCUT2D eigenvalue weighted by Gasteiger charge is 2.06. The summed E-state index contributed by atoms with van der Waals surface area (Å²) in [6.45, 7) is 0.214. The Bertz CT molecular complexity index is 627. The van der Waals surface area contributed by atoms with E-state index >= 15 is 0 Å². The Kier molecular flexibility index (Phi) is 4.87. The topological polar surface area (TPSA) is 88.3 Å². The number of hydrogen-bond acceptors (Lipinski definition) is 5. The summed E-state index contributed by atoms with van der Waals surface area (Å²) in [4.78, 5) is 15.8. The smallest absolute Gasteiger partial charge is 0.251 e. The number of carbonyl (C=O) groups excluding carboxylic acids is 1. The lowest BCUT2D eigenvalue weighted by molar-refractivity contribution is 0.0954. The van der Waals surface area contributed by atoms with Crippen molar-refractivity contribution in [2.24, 2.45) is 0 Å². The average Bonchev–Trinajstić information content (AvgIpc) is 2.98. The third-order valence-corrected chi connectivity index (χ3v) is 2.48. The van der Waals surface area contributed by atoms with E-state index in [4.69, 9.17) is 5.11 Å². The zero-order chi connectivity index (χ0) is 14.2. The SMILES string of the molecule is O=C(NCCc1ncon1)c1cccc(C#CCO)c1. The van der Waals surface area contributed by atoms with Crippen LogP contribution in [0.3, 0.4) is 0 Å². The van der Waals surface area contributed by atoms with E-state index < -0.39 is 0 Å². The van der Waals surface area contributed by atoms with Crippen LogP contribution in [0.2, 0.25) is 0 Å². The normalized spacial score (nSPS) is 9.65. The van der Waals surface area contributed by atoms with Crippen molar-refractivity contribution in [3.05, 3.63) is 47.6 Å². The van der Waals surface area contributed by atoms with Crippen molar-refractivity contribution in [2.45, 2.75) is 6.42 Å². The predicted molar refractivity (Wildman–Crippen MR) is 70.7 cm³/mol. The minimum atomic E-state index is -0.207. The minimum Gasteiger partial charge on any atom is -0.384 e. The molecule has 1 aromatic carbocycles. The van der Waals surface area contributed by atoms with Crippen molar-refractivity contribution in [2.75, 3.05) is 13.2 Å². The number of nitrogens with zero attached hydrogens (tertiary/aromatic N) is 2. The van der Waals surface area contributed by atoms with E-state index in [-0.39, 0.29) is 12.5 Å². The minimum absolute atomic E-state index is 0.193. The van der Waals surface area contributed by atoms with E-state index in [9.17, 15) is 4.79 Å². The molecular weight excluding hydrogens is 258 g/mol. The number of aliphatic hydroxyl groups is 1. The summed E-state index contributed by atoms with van der Waals surface area (Å²) in [5.41, 5.74) is 1.20. The summed E-state index contributed by atoms with van der Waals surface area (Å²) in [6.07, 6.45) is 1.76. The number of amides is 1. The lowest BCUT2D eigenvalue weighted by Crippen LogP contribution is -2.25. The molecule has 0 radical (unpaired) electrons. The second-order valence-electron chi connectivity index (χ2n) is 3.89. The molecule has 1 aromatic heterocycles. The molecule has 0 spiro atoms. The van der Waals surface area contributed by atoms with Gasteiger partial charge in [0.25, 0.3) is 5.91 Å². The van der Waals surface area contributed by atoms with Crippen molar-refractivity contribution in [1.82, 2.24) is 15.5 Å². The molecule has 1 heterocycles. The van der Waals surface area contributed by atoms with Gasteiger partial charge in [0.1, 0.15) is 6.61 Å². The van der Waals surface area contributed by atoms with Crippen LogP contribution < -0.4 is 5.32 Å². The van der Waals surface area contributed by atoms with Crippen LogP contribution >= 0.6 is 0 Å². The summed E-state index contributed by atoms with van der Waals surface area (Å²) in [7, 11) is 0. The highest BCUT2D eigenvalue weighted by atomic mass is 16.5. The second-order valence-corrected chi connectivity index (χ2v) is 3.89. The molecule has 2 aromatic rings. The van der Waals surface area contributed by atoms with Crippen LogP contribution in [0.5, 0.6) is 0 Å². The fourth-order valence-electron chi connectivity index (χ4n) is 1.57. The molecule has 6 heteroatoms. The Morgan fingerprint density at radius 2 is 2.35 bits per heavy atom. The number of hydrogen-bond donors (Lipinski definition) is 2. The average molecular weight is 271 g/mol. The van der Waals surface area contributed by atoms with E-state index in [2.05, 4.69) is 31.8 Å². The Hall–Kier alpha value is -2.65. The van der Waals surface area contributed by atoms with Gasteiger partial charge in [-0.3, -0.25) is 4.79 Å². The number of benzene rings is 1. The molecule has 102 valence electrons. The number of nitrogens with one attached hydrogen (secondary N) is 1. The van der Waals surface area contributed by atoms with Gasteiger partial charge in [0, 0.05) is 24.1 Å². The Morgan fingerprint density at radius 1 is 1.45 bits per heavy atom. The molecule has 0 saturated carbocycles. The van der Waals surface area contributed by atoms with Crippen LogP contribution in [0.1, 0.15) is 21.7 Å². The van der Waals surface area contributed by atoms with Crippen LogP contribution in [-0.2, 0) is 6.42 Å². The number of rotatable bonds is 4. The molecule has 0 saturated heterocycles. The largest absolute Gasteiger partial charge is 0.384 e. The van der Waals surface area contributed by atoms with Crippen LogP contribution in [0.4, 0.5) is 0 Å². The van der Waals surface area contributed by atoms with Crippen LogP contribution in [0.25, 0.3) is 0 Å². The first-order chi connectivity index (χ1) is 9.79. The van der Waals surface area contributed by atoms with E-state index in [1.807, 2.05) is 0 Å². The summed E-state index contributed by atoms with van der Waals surface area (Å²) in [5.74, 6) is 5.65. The fraction of sp³-hybridized carbons (Fsp3) is 0.214. The maximum Gasteiger partial charge on any atom is 0.251 e. The van der Waals surface area contributed by atoms with Gasteiger partial charge in [-0.2, -0.15) is 4.98 Å². The molecule has 0 unspecified atom stereocenters. The molecule has 0 aliphatic carbocycles. The highest BCUT2D eigenvalue weighted by Crippen LogP contribution is 2.04. The molecule has 2 rings (SSSR count). The van der Waals surface area contributed by atoms with Crippen molar-refractivity contribution >= 4 is 5.91 Å². The molecular formula is C14H13N3O3. The zero-order valence-electron chi connectivity index (χ0n) is 10.7. The van der Waals surface area contributed by atoms with Gasteiger partial charge >= 0.3 is 0 Å². The molecule has 0 bridgehead atoms. The summed E-state index contributed by atoms with van der Waals surface area (Å²) < 4.78 is 4.60. The third-order valence-electron chi connectivity index (χ3n) is 2.48. The predicted octanol–water partition coefficient (Wildman–Crippen LogP) is 0.386. The standard InChI is InChI=1S/C14H13N3O3/c18-8-2-4-11-3-1-5-12(9-11)14(19)15-7-6-13-16-10-20-17-13/h1,3,5,9-10,18H,6-8H2,(H,15,19). The van der Waals surface area contributed by atoms with Gasteiger partial charge in [0.2, 0.25) is 6.39 Å². The van der Waals surface area contributed by atoms with E-state index in [0.717, 1.165) is 0 Å². The first-order valence-electron chi connectivity index (χ1n) is 6.03. The van der Waals surface area contributed by atoms with Gasteiger partial charge in [-0.1, -0.05) is 23.1 Å². The van der Waals surface area contributed by atoms with Gasteiger partial charge in [-0.05, 0) is 18.2 Å². The van der Waals surface area contributed by atoms with Crippen molar-refractivity contribution in [3.8, 4) is 11.8 Å². The molecule has 0 aliphatic heterocycles. The van der Waals surface area contributed by atoms with Crippen LogP contribution in [-0.4, -0.2) is 34.3 Å². The van der Waals surface area contributed by atoms with Gasteiger partial charge < -0.3 is 14.9 Å². The number of aliphatic hydroxyl groups excluding tert-OH is 1. The van der Waals surface area contributed by atoms with Crippen LogP contribution in [0.15, 0.2) is 35.2 Å². The summed E-state index contributed by atoms with van der Waals surface area (Å²) in [6, 6.07) is 6.90. The highest BCUT2D eigenvalue weighted by molar-refractivity contribution is 5.94. The first-order valence-corrected chi connectivity index (χ1v) is 6.03. The van der Waals surface area contributed by atoms with Crippen molar-refractivity contribution < 1.29 is 14.4 Å².